The van der Waals surface area contributed by atoms with Gasteiger partial charge in [0.2, 0.25) is 5.91 Å². The number of nitrogens with one attached hydrogen (secondary N) is 1. The summed E-state index contributed by atoms with van der Waals surface area (Å²) in [6.07, 6.45) is 3.15. The average Bonchev–Trinajstić information content (AvgIpc) is 2.36. The van der Waals surface area contributed by atoms with Crippen LogP contribution in [0.4, 0.5) is 5.69 Å². The third-order valence-electron chi connectivity index (χ3n) is 2.37. The maximum atomic E-state index is 11.7. The molecule has 0 bridgehead atoms. The number of carbonyl (C=O) groups excluding carboxylic acids is 1. The van der Waals surface area contributed by atoms with Crippen molar-refractivity contribution in [3.8, 4) is 0 Å². The average molecular weight is 292 g/mol. The van der Waals surface area contributed by atoms with E-state index in [0.29, 0.717) is 15.7 Å². The van der Waals surface area contributed by atoms with Crippen LogP contribution in [-0.4, -0.2) is 5.91 Å². The molecule has 19 heavy (non-hydrogen) atoms. The second-order valence-corrected chi connectivity index (χ2v) is 4.76. The Kier molecular flexibility index (Phi) is 4.61. The van der Waals surface area contributed by atoms with Gasteiger partial charge in [0.15, 0.2) is 0 Å². The molecule has 0 aliphatic rings. The quantitative estimate of drug-likeness (QED) is 0.820. The second-order valence-electron chi connectivity index (χ2n) is 3.89. The molecular formula is C15H11Cl2NO. The SMILES string of the molecule is O=C(/C=C\c1cccc(Cl)c1)Nc1cccc(Cl)c1. The number of anilines is 1. The molecule has 0 aliphatic carbocycles. The fraction of sp³-hybridized carbons (Fsp3) is 0. The molecule has 0 unspecified atom stereocenters. The summed E-state index contributed by atoms with van der Waals surface area (Å²) >= 11 is 11.7. The molecule has 0 saturated carbocycles. The zero-order valence-corrected chi connectivity index (χ0v) is 11.4. The van der Waals surface area contributed by atoms with Crippen molar-refractivity contribution in [3.05, 3.63) is 70.2 Å². The van der Waals surface area contributed by atoms with E-state index in [2.05, 4.69) is 5.32 Å². The molecule has 1 amide bonds. The first kappa shape index (κ1) is 13.7. The molecular weight excluding hydrogens is 281 g/mol. The number of benzene rings is 2. The number of rotatable bonds is 3. The van der Waals surface area contributed by atoms with Crippen LogP contribution in [0.25, 0.3) is 6.08 Å². The van der Waals surface area contributed by atoms with Crippen molar-refractivity contribution in [2.75, 3.05) is 5.32 Å². The Labute approximate surface area is 121 Å². The van der Waals surface area contributed by atoms with E-state index in [9.17, 15) is 4.79 Å². The Hall–Kier alpha value is -1.77. The van der Waals surface area contributed by atoms with Crippen molar-refractivity contribution < 1.29 is 4.79 Å². The van der Waals surface area contributed by atoms with Gasteiger partial charge in [-0.2, -0.15) is 0 Å². The summed E-state index contributed by atoms with van der Waals surface area (Å²) in [6.45, 7) is 0. The number of hydrogen-bond donors (Lipinski definition) is 1. The zero-order valence-electron chi connectivity index (χ0n) is 9.94. The van der Waals surface area contributed by atoms with Crippen molar-refractivity contribution in [1.82, 2.24) is 0 Å². The van der Waals surface area contributed by atoms with E-state index >= 15 is 0 Å². The zero-order chi connectivity index (χ0) is 13.7. The second kappa shape index (κ2) is 6.41. The minimum atomic E-state index is -0.220. The van der Waals surface area contributed by atoms with E-state index in [1.807, 2.05) is 12.1 Å². The lowest BCUT2D eigenvalue weighted by atomic mass is 10.2. The van der Waals surface area contributed by atoms with Crippen molar-refractivity contribution in [1.29, 1.82) is 0 Å². The van der Waals surface area contributed by atoms with Crippen LogP contribution in [0.2, 0.25) is 10.0 Å². The molecule has 2 aromatic carbocycles. The number of hydrogen-bond acceptors (Lipinski definition) is 1. The summed E-state index contributed by atoms with van der Waals surface area (Å²) in [5.41, 5.74) is 1.53. The fourth-order valence-electron chi connectivity index (χ4n) is 1.53. The van der Waals surface area contributed by atoms with Gasteiger partial charge in [0.05, 0.1) is 0 Å². The molecule has 0 aromatic heterocycles. The van der Waals surface area contributed by atoms with Gasteiger partial charge in [0, 0.05) is 21.8 Å². The number of carbonyl (C=O) groups is 1. The summed E-state index contributed by atoms with van der Waals surface area (Å²) in [6, 6.07) is 14.3. The lowest BCUT2D eigenvalue weighted by Gasteiger charge is -2.02. The third kappa shape index (κ3) is 4.43. The standard InChI is InChI=1S/C15H11Cl2NO/c16-12-4-1-3-11(9-12)7-8-15(19)18-14-6-2-5-13(17)10-14/h1-10H,(H,18,19)/b8-7-. The molecule has 96 valence electrons. The summed E-state index contributed by atoms with van der Waals surface area (Å²) in [5.74, 6) is -0.220. The Morgan fingerprint density at radius 2 is 1.68 bits per heavy atom. The Morgan fingerprint density at radius 3 is 2.37 bits per heavy atom. The number of amides is 1. The molecule has 0 spiro atoms. The van der Waals surface area contributed by atoms with Crippen molar-refractivity contribution in [3.63, 3.8) is 0 Å². The molecule has 2 nitrogen and oxygen atoms in total. The largest absolute Gasteiger partial charge is 0.322 e. The van der Waals surface area contributed by atoms with Crippen LogP contribution in [0.15, 0.2) is 54.6 Å². The highest BCUT2D eigenvalue weighted by atomic mass is 35.5. The van der Waals surface area contributed by atoms with E-state index in [1.165, 1.54) is 6.08 Å². The van der Waals surface area contributed by atoms with Gasteiger partial charge >= 0.3 is 0 Å². The Morgan fingerprint density at radius 1 is 1.00 bits per heavy atom. The van der Waals surface area contributed by atoms with Gasteiger partial charge < -0.3 is 5.32 Å². The van der Waals surface area contributed by atoms with Crippen LogP contribution >= 0.6 is 23.2 Å². The third-order valence-corrected chi connectivity index (χ3v) is 2.84. The first-order valence-corrected chi connectivity index (χ1v) is 6.39. The highest BCUT2D eigenvalue weighted by Gasteiger charge is 1.98. The van der Waals surface area contributed by atoms with Gasteiger partial charge in [-0.3, -0.25) is 4.79 Å². The van der Waals surface area contributed by atoms with Crippen LogP contribution in [0, 0.1) is 0 Å². The molecule has 0 heterocycles. The molecule has 2 aromatic rings. The predicted octanol–water partition coefficient (Wildman–Crippen LogP) is 4.65. The van der Waals surface area contributed by atoms with Crippen LogP contribution in [0.1, 0.15) is 5.56 Å². The lowest BCUT2D eigenvalue weighted by Crippen LogP contribution is -2.07. The smallest absolute Gasteiger partial charge is 0.248 e. The van der Waals surface area contributed by atoms with E-state index in [4.69, 9.17) is 23.2 Å². The molecule has 0 saturated heterocycles. The number of halogens is 2. The van der Waals surface area contributed by atoms with Gasteiger partial charge in [-0.05, 0) is 42.0 Å². The summed E-state index contributed by atoms with van der Waals surface area (Å²) in [5, 5.41) is 3.94. The molecule has 4 heteroatoms. The normalized spacial score (nSPS) is 10.6. The van der Waals surface area contributed by atoms with E-state index in [-0.39, 0.29) is 5.91 Å². The van der Waals surface area contributed by atoms with Crippen molar-refractivity contribution in [2.24, 2.45) is 0 Å². The van der Waals surface area contributed by atoms with Gasteiger partial charge in [-0.1, -0.05) is 41.4 Å². The van der Waals surface area contributed by atoms with Crippen LogP contribution in [0.5, 0.6) is 0 Å². The van der Waals surface area contributed by atoms with Gasteiger partial charge in [-0.15, -0.1) is 0 Å². The minimum absolute atomic E-state index is 0.220. The molecule has 2 rings (SSSR count). The summed E-state index contributed by atoms with van der Waals surface area (Å²) in [4.78, 5) is 11.7. The highest BCUT2D eigenvalue weighted by molar-refractivity contribution is 6.31. The molecule has 0 fully saturated rings. The lowest BCUT2D eigenvalue weighted by molar-refractivity contribution is -0.111. The van der Waals surface area contributed by atoms with Crippen LogP contribution in [0.3, 0.4) is 0 Å². The molecule has 1 N–H and O–H groups in total. The van der Waals surface area contributed by atoms with Gasteiger partial charge in [-0.25, -0.2) is 0 Å². The monoisotopic (exact) mass is 291 g/mol. The minimum Gasteiger partial charge on any atom is -0.322 e. The highest BCUT2D eigenvalue weighted by Crippen LogP contribution is 2.15. The molecule has 0 radical (unpaired) electrons. The maximum Gasteiger partial charge on any atom is 0.248 e. The molecule has 0 aliphatic heterocycles. The van der Waals surface area contributed by atoms with Crippen LogP contribution in [-0.2, 0) is 4.79 Å². The fourth-order valence-corrected chi connectivity index (χ4v) is 1.92. The van der Waals surface area contributed by atoms with Crippen molar-refractivity contribution >= 4 is 40.9 Å². The first-order valence-electron chi connectivity index (χ1n) is 5.64. The Bertz CT molecular complexity index is 623. The predicted molar refractivity (Wildman–Crippen MR) is 80.6 cm³/mol. The maximum absolute atomic E-state index is 11.7. The topological polar surface area (TPSA) is 29.1 Å². The van der Waals surface area contributed by atoms with Crippen LogP contribution < -0.4 is 5.32 Å². The van der Waals surface area contributed by atoms with E-state index in [1.54, 1.807) is 42.5 Å². The molecule has 0 atom stereocenters. The summed E-state index contributed by atoms with van der Waals surface area (Å²) < 4.78 is 0. The van der Waals surface area contributed by atoms with E-state index < -0.39 is 0 Å². The summed E-state index contributed by atoms with van der Waals surface area (Å²) in [7, 11) is 0. The van der Waals surface area contributed by atoms with Gasteiger partial charge in [0.25, 0.3) is 0 Å². The van der Waals surface area contributed by atoms with Crippen molar-refractivity contribution in [2.45, 2.75) is 0 Å². The Balaban J connectivity index is 2.01. The van der Waals surface area contributed by atoms with E-state index in [0.717, 1.165) is 5.56 Å². The van der Waals surface area contributed by atoms with Gasteiger partial charge in [0.1, 0.15) is 0 Å². The first-order chi connectivity index (χ1) is 9.13.